The normalized spacial score (nSPS) is 21.3. The van der Waals surface area contributed by atoms with Gasteiger partial charge in [-0.25, -0.2) is 0 Å². The Labute approximate surface area is 100 Å². The fraction of sp³-hybridized carbons (Fsp3) is 0.909. The summed E-state index contributed by atoms with van der Waals surface area (Å²) in [7, 11) is 0. The Balaban J connectivity index is 2.00. The molecule has 0 saturated carbocycles. The molecule has 88 valence electrons. The molecule has 0 aromatic heterocycles. The Bertz CT molecular complexity index is 181. The summed E-state index contributed by atoms with van der Waals surface area (Å²) < 4.78 is 5.36. The van der Waals surface area contributed by atoms with E-state index in [-0.39, 0.29) is 5.91 Å². The van der Waals surface area contributed by atoms with Gasteiger partial charge < -0.3 is 10.1 Å². The fourth-order valence-corrected chi connectivity index (χ4v) is 2.09. The number of halogens is 1. The molecule has 0 bridgehead atoms. The molecule has 1 N–H and O–H groups in total. The molecular weight excluding hydrogens is 258 g/mol. The van der Waals surface area contributed by atoms with Crippen molar-refractivity contribution in [3.8, 4) is 0 Å². The van der Waals surface area contributed by atoms with Gasteiger partial charge in [0, 0.05) is 24.9 Å². The highest BCUT2D eigenvalue weighted by Gasteiger charge is 2.14. The minimum atomic E-state index is 0.182. The van der Waals surface area contributed by atoms with Crippen LogP contribution in [0, 0.1) is 5.92 Å². The van der Waals surface area contributed by atoms with Gasteiger partial charge in [-0.1, -0.05) is 15.9 Å². The third-order valence-corrected chi connectivity index (χ3v) is 3.19. The van der Waals surface area contributed by atoms with E-state index in [1.165, 1.54) is 6.42 Å². The van der Waals surface area contributed by atoms with Gasteiger partial charge in [0.25, 0.3) is 0 Å². The van der Waals surface area contributed by atoms with Crippen LogP contribution in [0.5, 0.6) is 0 Å². The summed E-state index contributed by atoms with van der Waals surface area (Å²) in [6.07, 6.45) is 5.00. The average Bonchev–Trinajstić information content (AvgIpc) is 2.28. The molecule has 1 aliphatic rings. The second kappa shape index (κ2) is 8.11. The van der Waals surface area contributed by atoms with Crippen LogP contribution in [0.2, 0.25) is 0 Å². The highest BCUT2D eigenvalue weighted by Crippen LogP contribution is 2.12. The van der Waals surface area contributed by atoms with E-state index in [0.29, 0.717) is 12.3 Å². The van der Waals surface area contributed by atoms with E-state index in [0.717, 1.165) is 44.4 Å². The maximum absolute atomic E-state index is 11.4. The zero-order valence-corrected chi connectivity index (χ0v) is 10.7. The van der Waals surface area contributed by atoms with E-state index < -0.39 is 0 Å². The summed E-state index contributed by atoms with van der Waals surface area (Å²) in [5, 5.41) is 3.96. The van der Waals surface area contributed by atoms with E-state index in [2.05, 4.69) is 21.2 Å². The fourth-order valence-electron chi connectivity index (χ4n) is 1.70. The molecule has 4 heteroatoms. The quantitative estimate of drug-likeness (QED) is 0.597. The summed E-state index contributed by atoms with van der Waals surface area (Å²) in [5.74, 6) is 0.709. The van der Waals surface area contributed by atoms with Crippen LogP contribution in [0.1, 0.15) is 32.1 Å². The second-order valence-corrected chi connectivity index (χ2v) is 4.83. The Morgan fingerprint density at radius 2 is 2.33 bits per heavy atom. The van der Waals surface area contributed by atoms with Crippen molar-refractivity contribution in [1.29, 1.82) is 0 Å². The number of ether oxygens (including phenoxy) is 1. The molecule has 0 radical (unpaired) electrons. The number of carbonyl (C=O) groups is 1. The third kappa shape index (κ3) is 6.15. The lowest BCUT2D eigenvalue weighted by atomic mass is 10.0. The molecule has 1 unspecified atom stereocenters. The Morgan fingerprint density at radius 3 is 3.00 bits per heavy atom. The van der Waals surface area contributed by atoms with E-state index >= 15 is 0 Å². The first kappa shape index (κ1) is 13.0. The molecular formula is C11H20BrNO2. The maximum Gasteiger partial charge on any atom is 0.220 e. The van der Waals surface area contributed by atoms with Crippen LogP contribution in [-0.2, 0) is 9.53 Å². The Morgan fingerprint density at radius 1 is 1.47 bits per heavy atom. The lowest BCUT2D eigenvalue weighted by molar-refractivity contribution is -0.121. The Hall–Kier alpha value is -0.0900. The van der Waals surface area contributed by atoms with Crippen LogP contribution in [0.3, 0.4) is 0 Å². The zero-order chi connectivity index (χ0) is 10.9. The van der Waals surface area contributed by atoms with Gasteiger partial charge in [0.1, 0.15) is 0 Å². The number of carbonyl (C=O) groups excluding carboxylic acids is 1. The second-order valence-electron chi connectivity index (χ2n) is 4.03. The van der Waals surface area contributed by atoms with Gasteiger partial charge in [0.05, 0.1) is 6.61 Å². The molecule has 3 nitrogen and oxygen atoms in total. The molecule has 0 spiro atoms. The summed E-state index contributed by atoms with van der Waals surface area (Å²) in [6.45, 7) is 2.48. The first-order valence-electron chi connectivity index (χ1n) is 5.73. The lowest BCUT2D eigenvalue weighted by Gasteiger charge is -2.22. The van der Waals surface area contributed by atoms with E-state index in [9.17, 15) is 4.79 Å². The van der Waals surface area contributed by atoms with Gasteiger partial charge in [-0.05, 0) is 31.6 Å². The highest BCUT2D eigenvalue weighted by molar-refractivity contribution is 9.09. The predicted octanol–water partition coefficient (Wildman–Crippen LogP) is 2.09. The van der Waals surface area contributed by atoms with Crippen LogP contribution < -0.4 is 5.32 Å². The van der Waals surface area contributed by atoms with Crippen LogP contribution in [0.4, 0.5) is 0 Å². The predicted molar refractivity (Wildman–Crippen MR) is 64.2 cm³/mol. The molecule has 1 atom stereocenters. The van der Waals surface area contributed by atoms with Crippen molar-refractivity contribution in [2.75, 3.05) is 25.1 Å². The molecule has 0 aromatic carbocycles. The topological polar surface area (TPSA) is 38.3 Å². The monoisotopic (exact) mass is 277 g/mol. The van der Waals surface area contributed by atoms with E-state index in [1.807, 2.05) is 0 Å². The number of nitrogens with one attached hydrogen (secondary N) is 1. The van der Waals surface area contributed by atoms with Crippen molar-refractivity contribution in [2.24, 2.45) is 5.92 Å². The number of rotatable bonds is 6. The van der Waals surface area contributed by atoms with E-state index in [4.69, 9.17) is 4.74 Å². The van der Waals surface area contributed by atoms with Crippen LogP contribution in [0.15, 0.2) is 0 Å². The third-order valence-electron chi connectivity index (χ3n) is 2.63. The van der Waals surface area contributed by atoms with Crippen molar-refractivity contribution in [3.05, 3.63) is 0 Å². The van der Waals surface area contributed by atoms with Crippen molar-refractivity contribution in [3.63, 3.8) is 0 Å². The van der Waals surface area contributed by atoms with Gasteiger partial charge >= 0.3 is 0 Å². The van der Waals surface area contributed by atoms with Gasteiger partial charge in [-0.3, -0.25) is 4.79 Å². The molecule has 1 fully saturated rings. The number of unbranched alkanes of at least 4 members (excludes halogenated alkanes) is 1. The van der Waals surface area contributed by atoms with Gasteiger partial charge in [0.15, 0.2) is 0 Å². The summed E-state index contributed by atoms with van der Waals surface area (Å²) in [6, 6.07) is 0. The summed E-state index contributed by atoms with van der Waals surface area (Å²) >= 11 is 3.35. The number of hydrogen-bond acceptors (Lipinski definition) is 2. The van der Waals surface area contributed by atoms with Crippen LogP contribution >= 0.6 is 15.9 Å². The SMILES string of the molecule is O=C(CCCCBr)NCC1CCCOC1. The first-order chi connectivity index (χ1) is 7.33. The molecule has 0 aromatic rings. The average molecular weight is 278 g/mol. The first-order valence-corrected chi connectivity index (χ1v) is 6.85. The lowest BCUT2D eigenvalue weighted by Crippen LogP contribution is -2.33. The molecule has 0 aliphatic carbocycles. The van der Waals surface area contributed by atoms with Crippen molar-refractivity contribution in [2.45, 2.75) is 32.1 Å². The highest BCUT2D eigenvalue weighted by atomic mass is 79.9. The largest absolute Gasteiger partial charge is 0.381 e. The van der Waals surface area contributed by atoms with Crippen molar-refractivity contribution < 1.29 is 9.53 Å². The summed E-state index contributed by atoms with van der Waals surface area (Å²) in [5.41, 5.74) is 0. The zero-order valence-electron chi connectivity index (χ0n) is 9.14. The molecule has 1 heterocycles. The van der Waals surface area contributed by atoms with Crippen molar-refractivity contribution in [1.82, 2.24) is 5.32 Å². The number of hydrogen-bond donors (Lipinski definition) is 1. The number of alkyl halides is 1. The molecule has 1 aliphatic heterocycles. The van der Waals surface area contributed by atoms with Crippen LogP contribution in [0.25, 0.3) is 0 Å². The molecule has 15 heavy (non-hydrogen) atoms. The number of amides is 1. The van der Waals surface area contributed by atoms with Crippen molar-refractivity contribution >= 4 is 21.8 Å². The maximum atomic E-state index is 11.4. The minimum absolute atomic E-state index is 0.182. The minimum Gasteiger partial charge on any atom is -0.381 e. The summed E-state index contributed by atoms with van der Waals surface area (Å²) in [4.78, 5) is 11.4. The van der Waals surface area contributed by atoms with Gasteiger partial charge in [0.2, 0.25) is 5.91 Å². The standard InChI is InChI=1S/C11H20BrNO2/c12-6-2-1-5-11(14)13-8-10-4-3-7-15-9-10/h10H,1-9H2,(H,13,14). The van der Waals surface area contributed by atoms with E-state index in [1.54, 1.807) is 0 Å². The molecule has 1 amide bonds. The molecule has 1 rings (SSSR count). The molecule has 1 saturated heterocycles. The van der Waals surface area contributed by atoms with Crippen LogP contribution in [-0.4, -0.2) is 31.0 Å². The van der Waals surface area contributed by atoms with Gasteiger partial charge in [-0.15, -0.1) is 0 Å². The Kier molecular flexibility index (Phi) is 7.01. The smallest absolute Gasteiger partial charge is 0.220 e. The van der Waals surface area contributed by atoms with Gasteiger partial charge in [-0.2, -0.15) is 0 Å².